The van der Waals surface area contributed by atoms with E-state index in [0.29, 0.717) is 0 Å². The molecule has 0 aromatic rings. The van der Waals surface area contributed by atoms with Gasteiger partial charge >= 0.3 is 0 Å². The zero-order valence-electron chi connectivity index (χ0n) is 7.17. The van der Waals surface area contributed by atoms with Crippen LogP contribution in [0.4, 0.5) is 0 Å². The largest absolute Gasteiger partial charge is 0.323 e. The van der Waals surface area contributed by atoms with Gasteiger partial charge in [-0.2, -0.15) is 0 Å². The van der Waals surface area contributed by atoms with E-state index in [9.17, 15) is 8.42 Å². The number of unbranched alkanes of at least 4 members (excludes halogenated alkanes) is 2. The summed E-state index contributed by atoms with van der Waals surface area (Å²) in [7, 11) is -3.95. The minimum atomic E-state index is -3.14. The van der Waals surface area contributed by atoms with Crippen LogP contribution in [0.3, 0.4) is 0 Å². The Morgan fingerprint density at radius 3 is 2.45 bits per heavy atom. The molecule has 0 fully saturated rings. The number of hydrogen-bond acceptors (Lipinski definition) is 3. The van der Waals surface area contributed by atoms with Crippen molar-refractivity contribution in [2.24, 2.45) is 0 Å². The van der Waals surface area contributed by atoms with Gasteiger partial charge in [0.2, 0.25) is 0 Å². The van der Waals surface area contributed by atoms with Gasteiger partial charge in [-0.25, -0.2) is 8.42 Å². The van der Waals surface area contributed by atoms with Gasteiger partial charge in [0.25, 0.3) is 10.1 Å². The van der Waals surface area contributed by atoms with Crippen molar-refractivity contribution in [3.8, 4) is 0 Å². The van der Waals surface area contributed by atoms with Crippen molar-refractivity contribution in [2.45, 2.75) is 32.7 Å². The maximum absolute atomic E-state index is 10.9. The van der Waals surface area contributed by atoms with Crippen molar-refractivity contribution < 1.29 is 12.3 Å². The molecule has 5 heteroatoms. The van der Waals surface area contributed by atoms with Crippen LogP contribution < -0.4 is 0 Å². The molecule has 0 unspecified atom stereocenters. The van der Waals surface area contributed by atoms with Crippen molar-refractivity contribution in [1.29, 1.82) is 0 Å². The van der Waals surface area contributed by atoms with Crippen molar-refractivity contribution in [1.82, 2.24) is 0 Å². The molecule has 0 spiro atoms. The summed E-state index contributed by atoms with van der Waals surface area (Å²) in [6.45, 7) is 3.86. The molecule has 0 bridgehead atoms. The predicted molar refractivity (Wildman–Crippen MR) is 48.8 cm³/mol. The fourth-order valence-electron chi connectivity index (χ4n) is 0.767. The maximum Gasteiger partial charge on any atom is 0.257 e. The van der Waals surface area contributed by atoms with E-state index >= 15 is 0 Å². The van der Waals surface area contributed by atoms with Crippen LogP contribution in [-0.2, 0) is 14.0 Å². The minimum Gasteiger partial charge on any atom is -0.323 e. The third kappa shape index (κ3) is 6.52. The molecule has 0 atom stereocenters. The van der Waals surface area contributed by atoms with Gasteiger partial charge in [0.05, 0.1) is 5.75 Å². The fourth-order valence-corrected chi connectivity index (χ4v) is 3.23. The summed E-state index contributed by atoms with van der Waals surface area (Å²) >= 11 is 0. The molecule has 0 N–H and O–H groups in total. The lowest BCUT2D eigenvalue weighted by Crippen LogP contribution is -2.11. The highest BCUT2D eigenvalue weighted by atomic mass is 32.2. The predicted octanol–water partition coefficient (Wildman–Crippen LogP) is 0.655. The second kappa shape index (κ2) is 5.74. The second-order valence-electron chi connectivity index (χ2n) is 2.38. The first-order valence-corrected chi connectivity index (χ1v) is 7.56. The van der Waals surface area contributed by atoms with Gasteiger partial charge in [0.1, 0.15) is 0 Å². The molecule has 0 aromatic carbocycles. The van der Waals surface area contributed by atoms with E-state index < -0.39 is 19.9 Å². The monoisotopic (exact) mass is 196 g/mol. The first-order chi connectivity index (χ1) is 5.12. The SMILES string of the molecule is CCCCCS(=O)(=O)O[SiH2]C. The summed E-state index contributed by atoms with van der Waals surface area (Å²) in [5.74, 6) is 0.196. The quantitative estimate of drug-likeness (QED) is 0.463. The summed E-state index contributed by atoms with van der Waals surface area (Å²) in [6.07, 6.45) is 2.74. The van der Waals surface area contributed by atoms with E-state index in [4.69, 9.17) is 0 Å². The zero-order chi connectivity index (χ0) is 8.74. The molecule has 0 aromatic heterocycles. The third-order valence-corrected chi connectivity index (χ3v) is 4.46. The van der Waals surface area contributed by atoms with Gasteiger partial charge < -0.3 is 3.87 Å². The lowest BCUT2D eigenvalue weighted by atomic mass is 10.3. The Kier molecular flexibility index (Phi) is 5.80. The van der Waals surface area contributed by atoms with E-state index in [2.05, 4.69) is 3.87 Å². The summed E-state index contributed by atoms with van der Waals surface area (Å²) in [4.78, 5) is 0. The molecule has 0 radical (unpaired) electrons. The highest BCUT2D eigenvalue weighted by Gasteiger charge is 2.07. The third-order valence-electron chi connectivity index (χ3n) is 1.30. The molecule has 0 aliphatic heterocycles. The van der Waals surface area contributed by atoms with E-state index in [0.717, 1.165) is 19.3 Å². The lowest BCUT2D eigenvalue weighted by Gasteiger charge is -2.01. The normalized spacial score (nSPS) is 12.9. The van der Waals surface area contributed by atoms with Gasteiger partial charge in [-0.1, -0.05) is 19.8 Å². The molecule has 0 saturated carbocycles. The van der Waals surface area contributed by atoms with Crippen LogP contribution in [0.2, 0.25) is 6.55 Å². The van der Waals surface area contributed by atoms with E-state index in [1.54, 1.807) is 0 Å². The van der Waals surface area contributed by atoms with Crippen molar-refractivity contribution >= 4 is 19.9 Å². The van der Waals surface area contributed by atoms with Gasteiger partial charge in [-0.05, 0) is 13.0 Å². The number of rotatable bonds is 6. The Morgan fingerprint density at radius 1 is 1.36 bits per heavy atom. The van der Waals surface area contributed by atoms with Gasteiger partial charge in [-0.15, -0.1) is 0 Å². The van der Waals surface area contributed by atoms with Gasteiger partial charge in [0, 0.05) is 0 Å². The molecule has 0 aliphatic rings. The van der Waals surface area contributed by atoms with Crippen molar-refractivity contribution in [3.05, 3.63) is 0 Å². The van der Waals surface area contributed by atoms with Crippen LogP contribution in [0.15, 0.2) is 0 Å². The zero-order valence-corrected chi connectivity index (χ0v) is 9.40. The van der Waals surface area contributed by atoms with Crippen LogP contribution in [0.1, 0.15) is 26.2 Å². The maximum atomic E-state index is 10.9. The summed E-state index contributed by atoms with van der Waals surface area (Å²) in [6, 6.07) is 0. The molecule has 0 amide bonds. The molecule has 0 rings (SSSR count). The van der Waals surface area contributed by atoms with E-state index in [1.165, 1.54) is 0 Å². The van der Waals surface area contributed by atoms with Crippen LogP contribution in [-0.4, -0.2) is 23.9 Å². The Labute approximate surface area is 71.2 Å². The van der Waals surface area contributed by atoms with Crippen molar-refractivity contribution in [2.75, 3.05) is 5.75 Å². The summed E-state index contributed by atoms with van der Waals surface area (Å²) in [5.41, 5.74) is 0. The topological polar surface area (TPSA) is 43.4 Å². The highest BCUT2D eigenvalue weighted by Crippen LogP contribution is 2.00. The van der Waals surface area contributed by atoms with Gasteiger partial charge in [-0.3, -0.25) is 0 Å². The Hall–Kier alpha value is 0.127. The molecular formula is C6H16O3SSi. The van der Waals surface area contributed by atoms with Gasteiger partial charge in [0.15, 0.2) is 9.76 Å². The molecule has 0 aliphatic carbocycles. The molecule has 3 nitrogen and oxygen atoms in total. The van der Waals surface area contributed by atoms with E-state index in [-0.39, 0.29) is 5.75 Å². The Balaban J connectivity index is 3.56. The molecule has 0 saturated heterocycles. The minimum absolute atomic E-state index is 0.196. The fraction of sp³-hybridized carbons (Fsp3) is 1.00. The summed E-state index contributed by atoms with van der Waals surface area (Å²) < 4.78 is 26.5. The average molecular weight is 196 g/mol. The lowest BCUT2D eigenvalue weighted by molar-refractivity contribution is 0.498. The van der Waals surface area contributed by atoms with Crippen LogP contribution in [0.5, 0.6) is 0 Å². The van der Waals surface area contributed by atoms with Crippen molar-refractivity contribution in [3.63, 3.8) is 0 Å². The second-order valence-corrected chi connectivity index (χ2v) is 5.42. The van der Waals surface area contributed by atoms with Crippen LogP contribution >= 0.6 is 0 Å². The van der Waals surface area contributed by atoms with E-state index in [1.807, 2.05) is 13.5 Å². The first-order valence-electron chi connectivity index (χ1n) is 3.99. The smallest absolute Gasteiger partial charge is 0.257 e. The number of hydrogen-bond donors (Lipinski definition) is 0. The molecule has 0 heterocycles. The Morgan fingerprint density at radius 2 is 2.00 bits per heavy atom. The van der Waals surface area contributed by atoms with Crippen LogP contribution in [0, 0.1) is 0 Å². The standard InChI is InChI=1S/C6H16O3SSi/c1-3-4-5-6-10(7,8)9-11-2/h3-6,11H2,1-2H3. The summed E-state index contributed by atoms with van der Waals surface area (Å²) in [5, 5.41) is 0. The molecule has 68 valence electrons. The molecular weight excluding hydrogens is 180 g/mol. The molecule has 11 heavy (non-hydrogen) atoms. The highest BCUT2D eigenvalue weighted by molar-refractivity contribution is 7.87. The Bertz CT molecular complexity index is 176. The first kappa shape index (κ1) is 11.1. The average Bonchev–Trinajstić information content (AvgIpc) is 1.87. The van der Waals surface area contributed by atoms with Crippen LogP contribution in [0.25, 0.3) is 0 Å².